The fourth-order valence-electron chi connectivity index (χ4n) is 1.56. The number of aldehydes is 1. The van der Waals surface area contributed by atoms with Crippen molar-refractivity contribution in [2.75, 3.05) is 0 Å². The van der Waals surface area contributed by atoms with Crippen molar-refractivity contribution < 1.29 is 13.9 Å². The van der Waals surface area contributed by atoms with E-state index in [0.29, 0.717) is 21.3 Å². The smallest absolute Gasteiger partial charge is 0.153 e. The van der Waals surface area contributed by atoms with Crippen LogP contribution in [0, 0.1) is 5.82 Å². The first-order chi connectivity index (χ1) is 9.11. The zero-order valence-electron chi connectivity index (χ0n) is 9.70. The molecule has 2 nitrogen and oxygen atoms in total. The van der Waals surface area contributed by atoms with E-state index in [1.165, 1.54) is 6.07 Å². The molecule has 0 bridgehead atoms. The number of halogens is 3. The lowest BCUT2D eigenvalue weighted by Crippen LogP contribution is -2.00. The lowest BCUT2D eigenvalue weighted by atomic mass is 10.2. The van der Waals surface area contributed by atoms with Gasteiger partial charge in [-0.25, -0.2) is 4.39 Å². The van der Waals surface area contributed by atoms with Gasteiger partial charge in [0.25, 0.3) is 0 Å². The molecule has 0 unspecified atom stereocenters. The molecule has 0 saturated heterocycles. The van der Waals surface area contributed by atoms with E-state index in [1.54, 1.807) is 30.3 Å². The van der Waals surface area contributed by atoms with Gasteiger partial charge < -0.3 is 4.74 Å². The minimum atomic E-state index is -0.340. The Labute approximate surface area is 126 Å². The Bertz CT molecular complexity index is 614. The van der Waals surface area contributed by atoms with Crippen LogP contribution < -0.4 is 4.74 Å². The van der Waals surface area contributed by atoms with Crippen LogP contribution in [0.25, 0.3) is 0 Å². The molecule has 0 fully saturated rings. The minimum absolute atomic E-state index is 0.181. The maximum atomic E-state index is 13.3. The van der Waals surface area contributed by atoms with Crippen LogP contribution in [0.2, 0.25) is 0 Å². The maximum Gasteiger partial charge on any atom is 0.153 e. The van der Waals surface area contributed by atoms with Crippen molar-refractivity contribution in [3.05, 3.63) is 62.3 Å². The predicted octanol–water partition coefficient (Wildman–Crippen LogP) is 4.74. The van der Waals surface area contributed by atoms with Gasteiger partial charge in [-0.1, -0.05) is 28.1 Å². The molecule has 2 aromatic carbocycles. The highest BCUT2D eigenvalue weighted by atomic mass is 79.9. The van der Waals surface area contributed by atoms with Crippen LogP contribution in [-0.2, 0) is 6.61 Å². The molecule has 98 valence electrons. The first kappa shape index (κ1) is 14.2. The number of hydrogen-bond donors (Lipinski definition) is 0. The molecule has 0 aromatic heterocycles. The molecule has 0 aliphatic carbocycles. The van der Waals surface area contributed by atoms with Crippen LogP contribution in [0.4, 0.5) is 4.39 Å². The van der Waals surface area contributed by atoms with E-state index in [9.17, 15) is 9.18 Å². The third-order valence-electron chi connectivity index (χ3n) is 2.51. The van der Waals surface area contributed by atoms with Crippen molar-refractivity contribution in [3.63, 3.8) is 0 Å². The maximum absolute atomic E-state index is 13.3. The zero-order valence-corrected chi connectivity index (χ0v) is 12.9. The molecule has 0 aliphatic heterocycles. The van der Waals surface area contributed by atoms with Crippen LogP contribution in [0.1, 0.15) is 15.9 Å². The Hall–Kier alpha value is -1.20. The normalized spacial score (nSPS) is 10.3. The van der Waals surface area contributed by atoms with Crippen LogP contribution in [-0.4, -0.2) is 6.29 Å². The molecular weight excluding hydrogens is 379 g/mol. The Balaban J connectivity index is 2.19. The van der Waals surface area contributed by atoms with E-state index in [4.69, 9.17) is 4.74 Å². The van der Waals surface area contributed by atoms with Crippen molar-refractivity contribution in [2.45, 2.75) is 6.61 Å². The van der Waals surface area contributed by atoms with E-state index in [1.807, 2.05) is 0 Å². The molecule has 0 saturated carbocycles. The average Bonchev–Trinajstić information content (AvgIpc) is 2.41. The topological polar surface area (TPSA) is 26.3 Å². The second kappa shape index (κ2) is 6.30. The highest BCUT2D eigenvalue weighted by Gasteiger charge is 2.08. The van der Waals surface area contributed by atoms with Crippen molar-refractivity contribution >= 4 is 38.1 Å². The third kappa shape index (κ3) is 3.42. The van der Waals surface area contributed by atoms with Gasteiger partial charge in [-0.05, 0) is 40.2 Å². The van der Waals surface area contributed by atoms with E-state index in [0.717, 1.165) is 10.8 Å². The molecule has 2 rings (SSSR count). The van der Waals surface area contributed by atoms with Gasteiger partial charge in [0, 0.05) is 10.0 Å². The summed E-state index contributed by atoms with van der Waals surface area (Å²) in [5, 5.41) is 0. The molecular formula is C14H9Br2FO2. The molecule has 0 spiro atoms. The summed E-state index contributed by atoms with van der Waals surface area (Å²) in [6.07, 6.45) is 0.723. The summed E-state index contributed by atoms with van der Waals surface area (Å²) in [6.45, 7) is 0.181. The van der Waals surface area contributed by atoms with Crippen LogP contribution in [0.5, 0.6) is 5.75 Å². The summed E-state index contributed by atoms with van der Waals surface area (Å²) in [5.41, 5.74) is 1.13. The SMILES string of the molecule is O=Cc1cc(Br)ccc1OCc1cccc(F)c1Br. The summed E-state index contributed by atoms with van der Waals surface area (Å²) in [4.78, 5) is 10.9. The quantitative estimate of drug-likeness (QED) is 0.708. The third-order valence-corrected chi connectivity index (χ3v) is 3.89. The Morgan fingerprint density at radius 2 is 2.00 bits per heavy atom. The second-order valence-electron chi connectivity index (χ2n) is 3.80. The fourth-order valence-corrected chi connectivity index (χ4v) is 2.32. The van der Waals surface area contributed by atoms with Crippen LogP contribution >= 0.6 is 31.9 Å². The van der Waals surface area contributed by atoms with Crippen molar-refractivity contribution in [1.29, 1.82) is 0 Å². The van der Waals surface area contributed by atoms with Gasteiger partial charge in [-0.15, -0.1) is 0 Å². The van der Waals surface area contributed by atoms with Gasteiger partial charge in [-0.2, -0.15) is 0 Å². The first-order valence-corrected chi connectivity index (χ1v) is 7.01. The van der Waals surface area contributed by atoms with E-state index in [-0.39, 0.29) is 12.4 Å². The van der Waals surface area contributed by atoms with Crippen molar-refractivity contribution in [3.8, 4) is 5.75 Å². The number of rotatable bonds is 4. The van der Waals surface area contributed by atoms with E-state index >= 15 is 0 Å². The van der Waals surface area contributed by atoms with Crippen molar-refractivity contribution in [2.24, 2.45) is 0 Å². The number of ether oxygens (including phenoxy) is 1. The Morgan fingerprint density at radius 3 is 2.74 bits per heavy atom. The molecule has 0 heterocycles. The molecule has 2 aromatic rings. The molecule has 0 amide bonds. The average molecular weight is 388 g/mol. The van der Waals surface area contributed by atoms with Gasteiger partial charge in [0.2, 0.25) is 0 Å². The number of carbonyl (C=O) groups excluding carboxylic acids is 1. The van der Waals surface area contributed by atoms with Crippen LogP contribution in [0.3, 0.4) is 0 Å². The fraction of sp³-hybridized carbons (Fsp3) is 0.0714. The number of carbonyl (C=O) groups is 1. The monoisotopic (exact) mass is 386 g/mol. The van der Waals surface area contributed by atoms with Gasteiger partial charge in [-0.3, -0.25) is 4.79 Å². The van der Waals surface area contributed by atoms with Gasteiger partial charge >= 0.3 is 0 Å². The molecule has 5 heteroatoms. The summed E-state index contributed by atoms with van der Waals surface area (Å²) < 4.78 is 20.1. The van der Waals surface area contributed by atoms with E-state index in [2.05, 4.69) is 31.9 Å². The summed E-state index contributed by atoms with van der Waals surface area (Å²) in [5.74, 6) is 0.127. The molecule has 0 aliphatic rings. The van der Waals surface area contributed by atoms with Gasteiger partial charge in [0.1, 0.15) is 18.2 Å². The first-order valence-electron chi connectivity index (χ1n) is 5.42. The minimum Gasteiger partial charge on any atom is -0.488 e. The van der Waals surface area contributed by atoms with Crippen LogP contribution in [0.15, 0.2) is 45.3 Å². The van der Waals surface area contributed by atoms with Gasteiger partial charge in [0.05, 0.1) is 10.0 Å². The standard InChI is InChI=1S/C14H9Br2FO2/c15-11-4-5-13(10(6-11)7-18)19-8-9-2-1-3-12(17)14(9)16/h1-7H,8H2. The van der Waals surface area contributed by atoms with Gasteiger partial charge in [0.15, 0.2) is 6.29 Å². The zero-order chi connectivity index (χ0) is 13.8. The molecule has 0 N–H and O–H groups in total. The number of hydrogen-bond acceptors (Lipinski definition) is 2. The number of benzene rings is 2. The Kier molecular flexibility index (Phi) is 4.71. The summed E-state index contributed by atoms with van der Waals surface area (Å²) in [7, 11) is 0. The second-order valence-corrected chi connectivity index (χ2v) is 5.51. The predicted molar refractivity (Wildman–Crippen MR) is 78.0 cm³/mol. The lowest BCUT2D eigenvalue weighted by molar-refractivity contribution is 0.111. The molecule has 19 heavy (non-hydrogen) atoms. The van der Waals surface area contributed by atoms with Crippen molar-refractivity contribution in [1.82, 2.24) is 0 Å². The molecule has 0 atom stereocenters. The lowest BCUT2D eigenvalue weighted by Gasteiger charge is -2.10. The van der Waals surface area contributed by atoms with E-state index < -0.39 is 0 Å². The largest absolute Gasteiger partial charge is 0.488 e. The molecule has 0 radical (unpaired) electrons. The highest BCUT2D eigenvalue weighted by molar-refractivity contribution is 9.10. The summed E-state index contributed by atoms with van der Waals surface area (Å²) in [6, 6.07) is 9.88. The highest BCUT2D eigenvalue weighted by Crippen LogP contribution is 2.25. The Morgan fingerprint density at radius 1 is 1.21 bits per heavy atom. The summed E-state index contributed by atoms with van der Waals surface area (Å²) >= 11 is 6.45.